The van der Waals surface area contributed by atoms with Crippen LogP contribution in [0.15, 0.2) is 24.3 Å². The maximum atomic E-state index is 11.0. The first-order chi connectivity index (χ1) is 7.10. The van der Waals surface area contributed by atoms with Gasteiger partial charge in [-0.25, -0.2) is 0 Å². The van der Waals surface area contributed by atoms with Crippen LogP contribution in [0.3, 0.4) is 0 Å². The van der Waals surface area contributed by atoms with Crippen LogP contribution in [0.1, 0.15) is 26.7 Å². The zero-order valence-electron chi connectivity index (χ0n) is 9.27. The van der Waals surface area contributed by atoms with Crippen LogP contribution in [0, 0.1) is 5.92 Å². The maximum Gasteiger partial charge on any atom is 0.313 e. The van der Waals surface area contributed by atoms with Crippen molar-refractivity contribution in [3.05, 3.63) is 24.3 Å². The topological polar surface area (TPSA) is 46.5 Å². The van der Waals surface area contributed by atoms with E-state index in [-0.39, 0.29) is 0 Å². The van der Waals surface area contributed by atoms with E-state index in [1.807, 2.05) is 19.1 Å². The van der Waals surface area contributed by atoms with Crippen LogP contribution in [0.5, 0.6) is 0 Å². The molecule has 3 nitrogen and oxygen atoms in total. The van der Waals surface area contributed by atoms with Gasteiger partial charge >= 0.3 is 5.97 Å². The molecule has 0 bridgehead atoms. The number of rotatable bonds is 5. The fourth-order valence-electron chi connectivity index (χ4n) is 1.62. The van der Waals surface area contributed by atoms with Crippen LogP contribution < -0.4 is 0 Å². The minimum Gasteiger partial charge on any atom is -0.481 e. The van der Waals surface area contributed by atoms with Gasteiger partial charge in [0.15, 0.2) is 0 Å². The molecule has 0 amide bonds. The van der Waals surface area contributed by atoms with E-state index < -0.39 is 17.5 Å². The second-order valence-corrected chi connectivity index (χ2v) is 3.95. The summed E-state index contributed by atoms with van der Waals surface area (Å²) in [7, 11) is 0. The van der Waals surface area contributed by atoms with Crippen LogP contribution in [0.25, 0.3) is 0 Å². The van der Waals surface area contributed by atoms with E-state index in [4.69, 9.17) is 9.84 Å². The average Bonchev–Trinajstić information content (AvgIpc) is 2.18. The summed E-state index contributed by atoms with van der Waals surface area (Å²) in [6.45, 7) is 4.51. The van der Waals surface area contributed by atoms with Gasteiger partial charge in [-0.1, -0.05) is 37.6 Å². The number of aliphatic carboxylic acids is 1. The molecular weight excluding hydrogens is 192 g/mol. The Kier molecular flexibility index (Phi) is 4.09. The molecule has 1 rings (SSSR count). The number of carbonyl (C=O) groups is 1. The number of carboxylic acids is 1. The first-order valence-electron chi connectivity index (χ1n) is 5.33. The van der Waals surface area contributed by atoms with Gasteiger partial charge in [0.05, 0.1) is 0 Å². The Balaban J connectivity index is 2.66. The summed E-state index contributed by atoms with van der Waals surface area (Å²) >= 11 is 0. The lowest BCUT2D eigenvalue weighted by molar-refractivity contribution is -0.148. The third-order valence-corrected chi connectivity index (χ3v) is 2.64. The fourth-order valence-corrected chi connectivity index (χ4v) is 1.62. The highest BCUT2D eigenvalue weighted by Gasteiger charge is 2.37. The molecule has 0 heterocycles. The van der Waals surface area contributed by atoms with E-state index >= 15 is 0 Å². The van der Waals surface area contributed by atoms with Crippen molar-refractivity contribution in [1.82, 2.24) is 0 Å². The molecule has 0 saturated heterocycles. The highest BCUT2D eigenvalue weighted by Crippen LogP contribution is 2.28. The monoisotopic (exact) mass is 210 g/mol. The number of unbranched alkanes of at least 4 members (excludes halogenated alkanes) is 1. The Morgan fingerprint density at radius 1 is 1.53 bits per heavy atom. The van der Waals surface area contributed by atoms with Gasteiger partial charge in [-0.15, -0.1) is 0 Å². The van der Waals surface area contributed by atoms with Crippen molar-refractivity contribution >= 4 is 5.97 Å². The third-order valence-electron chi connectivity index (χ3n) is 2.64. The maximum absolute atomic E-state index is 11.0. The van der Waals surface area contributed by atoms with Crippen LogP contribution in [0.2, 0.25) is 0 Å². The molecule has 0 radical (unpaired) electrons. The molecule has 0 saturated carbocycles. The highest BCUT2D eigenvalue weighted by atomic mass is 16.5. The number of hydrogen-bond donors (Lipinski definition) is 1. The lowest BCUT2D eigenvalue weighted by Crippen LogP contribution is -2.40. The van der Waals surface area contributed by atoms with Crippen molar-refractivity contribution < 1.29 is 14.6 Å². The lowest BCUT2D eigenvalue weighted by Gasteiger charge is -2.32. The molecule has 1 aliphatic carbocycles. The summed E-state index contributed by atoms with van der Waals surface area (Å²) in [5, 5.41) is 9.07. The molecule has 2 unspecified atom stereocenters. The van der Waals surface area contributed by atoms with Crippen molar-refractivity contribution in [2.75, 3.05) is 6.61 Å². The number of hydrogen-bond acceptors (Lipinski definition) is 2. The predicted molar refractivity (Wildman–Crippen MR) is 58.7 cm³/mol. The molecule has 3 heteroatoms. The second-order valence-electron chi connectivity index (χ2n) is 3.95. The molecule has 2 atom stereocenters. The van der Waals surface area contributed by atoms with Gasteiger partial charge in [0.25, 0.3) is 0 Å². The third kappa shape index (κ3) is 2.93. The molecule has 0 aromatic rings. The number of carboxylic acid groups (broad SMARTS) is 1. The molecule has 0 spiro atoms. The summed E-state index contributed by atoms with van der Waals surface area (Å²) in [5.41, 5.74) is -0.699. The zero-order chi connectivity index (χ0) is 11.3. The van der Waals surface area contributed by atoms with Gasteiger partial charge in [0.1, 0.15) is 11.5 Å². The summed E-state index contributed by atoms with van der Waals surface area (Å²) < 4.78 is 5.67. The minimum absolute atomic E-state index is 0.584. The van der Waals surface area contributed by atoms with Crippen molar-refractivity contribution in [3.63, 3.8) is 0 Å². The molecule has 84 valence electrons. The van der Waals surface area contributed by atoms with Gasteiger partial charge in [0, 0.05) is 6.61 Å². The van der Waals surface area contributed by atoms with Crippen molar-refractivity contribution in [1.29, 1.82) is 0 Å². The highest BCUT2D eigenvalue weighted by molar-refractivity contribution is 5.75. The van der Waals surface area contributed by atoms with E-state index in [9.17, 15) is 4.79 Å². The molecule has 0 aliphatic heterocycles. The fraction of sp³-hybridized carbons (Fsp3) is 0.583. The first kappa shape index (κ1) is 12.0. The molecular formula is C12H18O3. The molecule has 0 aromatic carbocycles. The minimum atomic E-state index is -0.838. The number of ether oxygens (including phenoxy) is 1. The van der Waals surface area contributed by atoms with Gasteiger partial charge in [-0.2, -0.15) is 0 Å². The normalized spacial score (nSPS) is 29.3. The Morgan fingerprint density at radius 3 is 2.87 bits per heavy atom. The van der Waals surface area contributed by atoms with Crippen LogP contribution in [-0.2, 0) is 9.53 Å². The van der Waals surface area contributed by atoms with E-state index in [1.54, 1.807) is 12.2 Å². The summed E-state index contributed by atoms with van der Waals surface area (Å²) in [5.74, 6) is -1.42. The molecule has 0 fully saturated rings. The van der Waals surface area contributed by atoms with Crippen LogP contribution in [0.4, 0.5) is 0 Å². The van der Waals surface area contributed by atoms with E-state index in [0.29, 0.717) is 6.61 Å². The van der Waals surface area contributed by atoms with Gasteiger partial charge in [-0.05, 0) is 13.3 Å². The SMILES string of the molecule is CCCCOC1(C)C=CC=CC1C(=O)O. The summed E-state index contributed by atoms with van der Waals surface area (Å²) in [4.78, 5) is 11.0. The van der Waals surface area contributed by atoms with Gasteiger partial charge < -0.3 is 9.84 Å². The van der Waals surface area contributed by atoms with E-state index in [0.717, 1.165) is 12.8 Å². The summed E-state index contributed by atoms with van der Waals surface area (Å²) in [6.07, 6.45) is 9.09. The van der Waals surface area contributed by atoms with Crippen molar-refractivity contribution in [2.45, 2.75) is 32.3 Å². The Labute approximate surface area is 90.4 Å². The molecule has 1 aliphatic rings. The van der Waals surface area contributed by atoms with Gasteiger partial charge in [0.2, 0.25) is 0 Å². The predicted octanol–water partition coefficient (Wildman–Crippen LogP) is 2.39. The largest absolute Gasteiger partial charge is 0.481 e. The van der Waals surface area contributed by atoms with Crippen LogP contribution >= 0.6 is 0 Å². The Bertz CT molecular complexity index is 281. The Morgan fingerprint density at radius 2 is 2.27 bits per heavy atom. The van der Waals surface area contributed by atoms with Gasteiger partial charge in [-0.3, -0.25) is 4.79 Å². The average molecular weight is 210 g/mol. The standard InChI is InChI=1S/C12H18O3/c1-3-4-9-15-12(2)8-6-5-7-10(12)11(13)14/h5-8,10H,3-4,9H2,1-2H3,(H,13,14). The van der Waals surface area contributed by atoms with Crippen LogP contribution in [-0.4, -0.2) is 23.3 Å². The zero-order valence-corrected chi connectivity index (χ0v) is 9.27. The van der Waals surface area contributed by atoms with Crippen molar-refractivity contribution in [3.8, 4) is 0 Å². The summed E-state index contributed by atoms with van der Waals surface area (Å²) in [6, 6.07) is 0. The van der Waals surface area contributed by atoms with E-state index in [1.165, 1.54) is 0 Å². The lowest BCUT2D eigenvalue weighted by atomic mass is 9.85. The smallest absolute Gasteiger partial charge is 0.313 e. The number of allylic oxidation sites excluding steroid dienone is 2. The first-order valence-corrected chi connectivity index (χ1v) is 5.33. The van der Waals surface area contributed by atoms with Crippen molar-refractivity contribution in [2.24, 2.45) is 5.92 Å². The molecule has 0 aromatic heterocycles. The Hall–Kier alpha value is -1.09. The van der Waals surface area contributed by atoms with E-state index in [2.05, 4.69) is 6.92 Å². The second kappa shape index (κ2) is 5.12. The molecule has 15 heavy (non-hydrogen) atoms. The molecule has 1 N–H and O–H groups in total. The quantitative estimate of drug-likeness (QED) is 0.709.